The van der Waals surface area contributed by atoms with Crippen LogP contribution in [0.15, 0.2) is 48.5 Å². The molecule has 0 spiro atoms. The van der Waals surface area contributed by atoms with Crippen molar-refractivity contribution >= 4 is 22.8 Å². The Morgan fingerprint density at radius 2 is 1.95 bits per heavy atom. The van der Waals surface area contributed by atoms with Gasteiger partial charge in [0.05, 0.1) is 0 Å². The summed E-state index contributed by atoms with van der Waals surface area (Å²) < 4.78 is 5.23. The highest BCUT2D eigenvalue weighted by atomic mass is 16.5. The molecule has 0 N–H and O–H groups in total. The fraction of sp³-hybridized carbons (Fsp3) is 0.316. The van der Waals surface area contributed by atoms with E-state index in [1.165, 1.54) is 23.6 Å². The second-order valence-corrected chi connectivity index (χ2v) is 5.64. The van der Waals surface area contributed by atoms with E-state index in [9.17, 15) is 4.79 Å². The lowest BCUT2D eigenvalue weighted by molar-refractivity contribution is -0.142. The van der Waals surface area contributed by atoms with Gasteiger partial charge in [-0.2, -0.15) is 0 Å². The maximum Gasteiger partial charge on any atom is 0.306 e. The second-order valence-electron chi connectivity index (χ2n) is 5.64. The van der Waals surface area contributed by atoms with E-state index in [2.05, 4.69) is 24.3 Å². The molecule has 0 radical (unpaired) electrons. The molecule has 0 unspecified atom stereocenters. The Morgan fingerprint density at radius 3 is 2.81 bits per heavy atom. The number of benzene rings is 2. The Hall–Kier alpha value is -2.09. The van der Waals surface area contributed by atoms with E-state index in [1.54, 1.807) is 0 Å². The van der Waals surface area contributed by atoms with E-state index in [4.69, 9.17) is 4.74 Å². The third kappa shape index (κ3) is 3.94. The van der Waals surface area contributed by atoms with Crippen LogP contribution >= 0.6 is 0 Å². The average Bonchev–Trinajstić information content (AvgIpc) is 3.34. The smallest absolute Gasteiger partial charge is 0.306 e. The molecule has 1 aliphatic rings. The van der Waals surface area contributed by atoms with Gasteiger partial charge in [-0.05, 0) is 34.8 Å². The predicted molar refractivity (Wildman–Crippen MR) is 85.9 cm³/mol. The molecule has 0 atom stereocenters. The molecule has 0 heterocycles. The highest BCUT2D eigenvalue weighted by Crippen LogP contribution is 2.33. The van der Waals surface area contributed by atoms with Gasteiger partial charge in [0.2, 0.25) is 0 Å². The zero-order valence-corrected chi connectivity index (χ0v) is 12.1. The SMILES string of the molecule is O=C(CCC1CC1)OCC=Cc1cccc2ccccc12. The van der Waals surface area contributed by atoms with Crippen LogP contribution in [0.5, 0.6) is 0 Å². The molecule has 0 saturated heterocycles. The molecule has 0 aliphatic heterocycles. The molecular formula is C19H20O2. The number of carbonyl (C=O) groups excluding carboxylic acids is 1. The molecular weight excluding hydrogens is 260 g/mol. The Balaban J connectivity index is 1.53. The van der Waals surface area contributed by atoms with Crippen LogP contribution < -0.4 is 0 Å². The maximum atomic E-state index is 11.5. The number of hydrogen-bond donors (Lipinski definition) is 0. The van der Waals surface area contributed by atoms with Gasteiger partial charge in [-0.1, -0.05) is 61.4 Å². The highest BCUT2D eigenvalue weighted by molar-refractivity contribution is 5.90. The van der Waals surface area contributed by atoms with Crippen molar-refractivity contribution in [1.29, 1.82) is 0 Å². The van der Waals surface area contributed by atoms with Gasteiger partial charge in [-0.25, -0.2) is 0 Å². The number of fused-ring (bicyclic) bond motifs is 1. The summed E-state index contributed by atoms with van der Waals surface area (Å²) >= 11 is 0. The number of carbonyl (C=O) groups is 1. The van der Waals surface area contributed by atoms with Crippen molar-refractivity contribution in [2.75, 3.05) is 6.61 Å². The number of rotatable bonds is 6. The third-order valence-corrected chi connectivity index (χ3v) is 3.91. The first-order chi connectivity index (χ1) is 10.3. The van der Waals surface area contributed by atoms with Gasteiger partial charge in [0.1, 0.15) is 6.61 Å². The highest BCUT2D eigenvalue weighted by Gasteiger charge is 2.21. The number of esters is 1. The predicted octanol–water partition coefficient (Wildman–Crippen LogP) is 4.59. The molecule has 2 aromatic carbocycles. The summed E-state index contributed by atoms with van der Waals surface area (Å²) in [4.78, 5) is 11.5. The van der Waals surface area contributed by atoms with E-state index < -0.39 is 0 Å². The summed E-state index contributed by atoms with van der Waals surface area (Å²) in [6.07, 6.45) is 8.06. The molecule has 1 aliphatic carbocycles. The van der Waals surface area contributed by atoms with Crippen LogP contribution in [0.2, 0.25) is 0 Å². The first kappa shape index (κ1) is 13.9. The van der Waals surface area contributed by atoms with Gasteiger partial charge < -0.3 is 4.74 Å². The molecule has 0 bridgehead atoms. The minimum Gasteiger partial charge on any atom is -0.461 e. The summed E-state index contributed by atoms with van der Waals surface area (Å²) in [5.41, 5.74) is 1.15. The van der Waals surface area contributed by atoms with Crippen molar-refractivity contribution < 1.29 is 9.53 Å². The van der Waals surface area contributed by atoms with E-state index in [1.807, 2.05) is 30.4 Å². The lowest BCUT2D eigenvalue weighted by atomic mass is 10.0. The Morgan fingerprint density at radius 1 is 1.14 bits per heavy atom. The summed E-state index contributed by atoms with van der Waals surface area (Å²) in [5, 5.41) is 2.44. The maximum absolute atomic E-state index is 11.5. The first-order valence-electron chi connectivity index (χ1n) is 7.63. The molecule has 1 saturated carbocycles. The van der Waals surface area contributed by atoms with E-state index in [-0.39, 0.29) is 5.97 Å². The fourth-order valence-corrected chi connectivity index (χ4v) is 2.51. The molecule has 0 amide bonds. The molecule has 2 heteroatoms. The molecule has 2 aromatic rings. The lowest BCUT2D eigenvalue weighted by Gasteiger charge is -2.03. The molecule has 3 rings (SSSR count). The van der Waals surface area contributed by atoms with Crippen molar-refractivity contribution in [2.45, 2.75) is 25.7 Å². The standard InChI is InChI=1S/C19H20O2/c20-19(13-12-15-10-11-15)21-14-4-8-17-7-3-6-16-5-1-2-9-18(16)17/h1-9,15H,10-14H2. The van der Waals surface area contributed by atoms with Gasteiger partial charge in [0.15, 0.2) is 0 Å². The number of ether oxygens (including phenoxy) is 1. The fourth-order valence-electron chi connectivity index (χ4n) is 2.51. The summed E-state index contributed by atoms with van der Waals surface area (Å²) in [7, 11) is 0. The van der Waals surface area contributed by atoms with Gasteiger partial charge in [0, 0.05) is 6.42 Å². The van der Waals surface area contributed by atoms with Crippen LogP contribution in [0, 0.1) is 5.92 Å². The van der Waals surface area contributed by atoms with Crippen LogP contribution in [0.25, 0.3) is 16.8 Å². The zero-order chi connectivity index (χ0) is 14.5. The molecule has 21 heavy (non-hydrogen) atoms. The largest absolute Gasteiger partial charge is 0.461 e. The minimum atomic E-state index is -0.0792. The Labute approximate surface area is 125 Å². The Bertz CT molecular complexity index is 648. The monoisotopic (exact) mass is 280 g/mol. The van der Waals surface area contributed by atoms with Crippen molar-refractivity contribution in [3.05, 3.63) is 54.1 Å². The molecule has 2 nitrogen and oxygen atoms in total. The Kier molecular flexibility index (Phi) is 4.34. The van der Waals surface area contributed by atoms with Crippen molar-refractivity contribution in [3.63, 3.8) is 0 Å². The third-order valence-electron chi connectivity index (χ3n) is 3.91. The van der Waals surface area contributed by atoms with Crippen LogP contribution in [0.4, 0.5) is 0 Å². The first-order valence-corrected chi connectivity index (χ1v) is 7.63. The van der Waals surface area contributed by atoms with E-state index in [0.717, 1.165) is 17.9 Å². The minimum absolute atomic E-state index is 0.0792. The van der Waals surface area contributed by atoms with Crippen molar-refractivity contribution in [2.24, 2.45) is 5.92 Å². The zero-order valence-electron chi connectivity index (χ0n) is 12.1. The van der Waals surface area contributed by atoms with Gasteiger partial charge in [0.25, 0.3) is 0 Å². The van der Waals surface area contributed by atoms with Gasteiger partial charge in [-0.3, -0.25) is 4.79 Å². The normalized spacial score (nSPS) is 14.7. The summed E-state index contributed by atoms with van der Waals surface area (Å²) in [6, 6.07) is 14.5. The second kappa shape index (κ2) is 6.57. The molecule has 1 fully saturated rings. The molecule has 0 aromatic heterocycles. The van der Waals surface area contributed by atoms with Crippen LogP contribution in [0.3, 0.4) is 0 Å². The van der Waals surface area contributed by atoms with Crippen molar-refractivity contribution in [3.8, 4) is 0 Å². The van der Waals surface area contributed by atoms with E-state index in [0.29, 0.717) is 13.0 Å². The topological polar surface area (TPSA) is 26.3 Å². The van der Waals surface area contributed by atoms with Crippen LogP contribution in [0.1, 0.15) is 31.2 Å². The quantitative estimate of drug-likeness (QED) is 0.724. The van der Waals surface area contributed by atoms with Crippen LogP contribution in [-0.2, 0) is 9.53 Å². The number of hydrogen-bond acceptors (Lipinski definition) is 2. The van der Waals surface area contributed by atoms with Crippen molar-refractivity contribution in [1.82, 2.24) is 0 Å². The van der Waals surface area contributed by atoms with E-state index >= 15 is 0 Å². The van der Waals surface area contributed by atoms with Gasteiger partial charge in [-0.15, -0.1) is 0 Å². The molecule has 108 valence electrons. The summed E-state index contributed by atoms with van der Waals surface area (Å²) in [5.74, 6) is 0.702. The average molecular weight is 280 g/mol. The van der Waals surface area contributed by atoms with Crippen LogP contribution in [-0.4, -0.2) is 12.6 Å². The lowest BCUT2D eigenvalue weighted by Crippen LogP contribution is -2.04. The van der Waals surface area contributed by atoms with Gasteiger partial charge >= 0.3 is 5.97 Å². The summed E-state index contributed by atoms with van der Waals surface area (Å²) in [6.45, 7) is 0.354.